The predicted molar refractivity (Wildman–Crippen MR) is 74.6 cm³/mol. The summed E-state index contributed by atoms with van der Waals surface area (Å²) in [4.78, 5) is 15.3. The summed E-state index contributed by atoms with van der Waals surface area (Å²) in [5, 5.41) is 3.53. The van der Waals surface area contributed by atoms with Gasteiger partial charge in [-0.3, -0.25) is 9.78 Å². The number of pyridine rings is 1. The van der Waals surface area contributed by atoms with Gasteiger partial charge in [-0.05, 0) is 23.6 Å². The van der Waals surface area contributed by atoms with Crippen molar-refractivity contribution in [1.82, 2.24) is 4.98 Å². The Morgan fingerprint density at radius 3 is 2.59 bits per heavy atom. The molecule has 0 fully saturated rings. The van der Waals surface area contributed by atoms with Crippen molar-refractivity contribution in [2.45, 2.75) is 11.1 Å². The second-order valence-corrected chi connectivity index (χ2v) is 7.14. The summed E-state index contributed by atoms with van der Waals surface area (Å²) >= 11 is 0.893. The molecule has 0 aliphatic heterocycles. The van der Waals surface area contributed by atoms with Crippen molar-refractivity contribution < 1.29 is 26.4 Å². The van der Waals surface area contributed by atoms with Gasteiger partial charge in [0.15, 0.2) is 9.84 Å². The van der Waals surface area contributed by atoms with Crippen molar-refractivity contribution in [2.24, 2.45) is 0 Å². The third-order valence-electron chi connectivity index (χ3n) is 2.58. The molecule has 2 heterocycles. The topological polar surface area (TPSA) is 76.1 Å². The highest BCUT2D eigenvalue weighted by Gasteiger charge is 2.36. The van der Waals surface area contributed by atoms with Crippen LogP contribution in [0.3, 0.4) is 0 Å². The first-order valence-electron chi connectivity index (χ1n) is 5.72. The van der Waals surface area contributed by atoms with Crippen molar-refractivity contribution >= 4 is 32.1 Å². The molecule has 0 bridgehead atoms. The lowest BCUT2D eigenvalue weighted by Gasteiger charge is -2.11. The van der Waals surface area contributed by atoms with E-state index in [-0.39, 0.29) is 9.90 Å². The van der Waals surface area contributed by atoms with Crippen LogP contribution >= 0.6 is 11.3 Å². The molecule has 2 rings (SSSR count). The molecular formula is C12H9F3N2O3S2. The fraction of sp³-hybridized carbons (Fsp3) is 0.167. The number of anilines is 1. The largest absolute Gasteiger partial charge is 0.418 e. The highest BCUT2D eigenvalue weighted by atomic mass is 32.2. The molecule has 5 nitrogen and oxygen atoms in total. The number of alkyl halides is 3. The van der Waals surface area contributed by atoms with Crippen molar-refractivity contribution in [2.75, 3.05) is 11.6 Å². The Bertz CT molecular complexity index is 813. The molecule has 1 amide bonds. The van der Waals surface area contributed by atoms with Crippen LogP contribution in [0, 0.1) is 0 Å². The molecule has 0 radical (unpaired) electrons. The van der Waals surface area contributed by atoms with Crippen LogP contribution in [0.15, 0.2) is 34.7 Å². The zero-order valence-electron chi connectivity index (χ0n) is 11.0. The minimum absolute atomic E-state index is 0.0497. The minimum Gasteiger partial charge on any atom is -0.311 e. The number of nitrogens with zero attached hydrogens (tertiary/aromatic N) is 1. The highest BCUT2D eigenvalue weighted by molar-refractivity contribution is 7.91. The monoisotopic (exact) mass is 350 g/mol. The predicted octanol–water partition coefficient (Wildman–Crippen LogP) is 2.82. The fourth-order valence-corrected chi connectivity index (χ4v) is 3.72. The molecule has 0 aliphatic rings. The molecule has 0 unspecified atom stereocenters. The number of aromatic nitrogens is 1. The van der Waals surface area contributed by atoms with E-state index in [1.807, 2.05) is 0 Å². The van der Waals surface area contributed by atoms with Gasteiger partial charge >= 0.3 is 6.18 Å². The van der Waals surface area contributed by atoms with E-state index in [0.29, 0.717) is 0 Å². The molecule has 0 atom stereocenters. The fourth-order valence-electron chi connectivity index (χ4n) is 1.66. The summed E-state index contributed by atoms with van der Waals surface area (Å²) in [6, 6.07) is 3.05. The van der Waals surface area contributed by atoms with Crippen LogP contribution < -0.4 is 5.32 Å². The number of hydrogen-bond donors (Lipinski definition) is 1. The van der Waals surface area contributed by atoms with Gasteiger partial charge in [0.25, 0.3) is 5.91 Å². The molecule has 0 aliphatic carbocycles. The first kappa shape index (κ1) is 16.4. The molecule has 0 spiro atoms. The molecule has 118 valence electrons. The third-order valence-corrected chi connectivity index (χ3v) is 4.68. The van der Waals surface area contributed by atoms with Crippen LogP contribution in [0.1, 0.15) is 16.1 Å². The lowest BCUT2D eigenvalue weighted by molar-refractivity contribution is -0.138. The normalized spacial score (nSPS) is 12.2. The first-order valence-corrected chi connectivity index (χ1v) is 8.49. The number of nitrogens with one attached hydrogen (secondary N) is 1. The Morgan fingerprint density at radius 1 is 1.32 bits per heavy atom. The summed E-state index contributed by atoms with van der Waals surface area (Å²) in [7, 11) is -3.60. The van der Waals surface area contributed by atoms with Crippen molar-refractivity contribution in [3.63, 3.8) is 0 Å². The number of rotatable bonds is 3. The van der Waals surface area contributed by atoms with Gasteiger partial charge in [0.1, 0.15) is 15.6 Å². The van der Waals surface area contributed by atoms with E-state index < -0.39 is 33.2 Å². The number of hydrogen-bond acceptors (Lipinski definition) is 5. The summed E-state index contributed by atoms with van der Waals surface area (Å²) in [5.74, 6) is -1.12. The standard InChI is InChI=1S/C12H9F3N2O3S2/c1-22(19,20)8-4-6-21-11(8)17-10(18)9-7(12(13,14)15)3-2-5-16-9/h2-6H,1H3,(H,17,18). The van der Waals surface area contributed by atoms with Crippen LogP contribution in [0.4, 0.5) is 18.2 Å². The number of amides is 1. The number of sulfone groups is 1. The molecule has 1 N–H and O–H groups in total. The van der Waals surface area contributed by atoms with E-state index in [2.05, 4.69) is 10.3 Å². The molecule has 0 saturated carbocycles. The van der Waals surface area contributed by atoms with E-state index in [9.17, 15) is 26.4 Å². The zero-order chi connectivity index (χ0) is 16.5. The van der Waals surface area contributed by atoms with E-state index in [1.165, 1.54) is 11.4 Å². The summed E-state index contributed by atoms with van der Waals surface area (Å²) in [6.45, 7) is 0. The van der Waals surface area contributed by atoms with Gasteiger partial charge in [-0.25, -0.2) is 8.42 Å². The summed E-state index contributed by atoms with van der Waals surface area (Å²) < 4.78 is 61.6. The van der Waals surface area contributed by atoms with Crippen LogP contribution in [0.5, 0.6) is 0 Å². The van der Waals surface area contributed by atoms with Gasteiger partial charge in [-0.1, -0.05) is 0 Å². The van der Waals surface area contributed by atoms with Gasteiger partial charge in [-0.15, -0.1) is 11.3 Å². The zero-order valence-corrected chi connectivity index (χ0v) is 12.6. The Morgan fingerprint density at radius 2 is 2.00 bits per heavy atom. The molecule has 2 aromatic rings. The van der Waals surface area contributed by atoms with Crippen LogP contribution in [-0.2, 0) is 16.0 Å². The van der Waals surface area contributed by atoms with Crippen LogP contribution in [0.25, 0.3) is 0 Å². The minimum atomic E-state index is -4.74. The number of halogens is 3. The molecule has 10 heteroatoms. The Labute approximate surface area is 127 Å². The highest BCUT2D eigenvalue weighted by Crippen LogP contribution is 2.32. The SMILES string of the molecule is CS(=O)(=O)c1ccsc1NC(=O)c1ncccc1C(F)(F)F. The molecule has 22 heavy (non-hydrogen) atoms. The molecular weight excluding hydrogens is 341 g/mol. The van der Waals surface area contributed by atoms with Gasteiger partial charge in [-0.2, -0.15) is 13.2 Å². The van der Waals surface area contributed by atoms with Crippen molar-refractivity contribution in [3.05, 3.63) is 41.0 Å². The second-order valence-electron chi connectivity index (χ2n) is 4.24. The number of carbonyl (C=O) groups excluding carboxylic acids is 1. The first-order chi connectivity index (χ1) is 10.1. The molecule has 0 aromatic carbocycles. The van der Waals surface area contributed by atoms with Gasteiger partial charge in [0.05, 0.1) is 5.56 Å². The average molecular weight is 350 g/mol. The second kappa shape index (κ2) is 5.69. The number of thiophene rings is 1. The average Bonchev–Trinajstić information content (AvgIpc) is 2.86. The van der Waals surface area contributed by atoms with E-state index >= 15 is 0 Å². The van der Waals surface area contributed by atoms with Crippen molar-refractivity contribution in [1.29, 1.82) is 0 Å². The smallest absolute Gasteiger partial charge is 0.311 e. The van der Waals surface area contributed by atoms with Crippen LogP contribution in [-0.4, -0.2) is 25.6 Å². The lowest BCUT2D eigenvalue weighted by Crippen LogP contribution is -2.20. The maximum Gasteiger partial charge on any atom is 0.418 e. The maximum absolute atomic E-state index is 12.8. The Hall–Kier alpha value is -1.94. The Balaban J connectivity index is 2.38. The van der Waals surface area contributed by atoms with Gasteiger partial charge in [0, 0.05) is 12.5 Å². The van der Waals surface area contributed by atoms with E-state index in [1.54, 1.807) is 0 Å². The van der Waals surface area contributed by atoms with E-state index in [4.69, 9.17) is 0 Å². The number of carbonyl (C=O) groups is 1. The summed E-state index contributed by atoms with van der Waals surface area (Å²) in [6.07, 6.45) is -2.75. The summed E-state index contributed by atoms with van der Waals surface area (Å²) in [5.41, 5.74) is -2.01. The quantitative estimate of drug-likeness (QED) is 0.923. The molecule has 0 saturated heterocycles. The van der Waals surface area contributed by atoms with Crippen LogP contribution in [0.2, 0.25) is 0 Å². The van der Waals surface area contributed by atoms with E-state index in [0.717, 1.165) is 35.9 Å². The third kappa shape index (κ3) is 3.45. The van der Waals surface area contributed by atoms with Gasteiger partial charge < -0.3 is 5.32 Å². The lowest BCUT2D eigenvalue weighted by atomic mass is 10.2. The van der Waals surface area contributed by atoms with Crippen molar-refractivity contribution in [3.8, 4) is 0 Å². The maximum atomic E-state index is 12.8. The molecule has 2 aromatic heterocycles. The Kier molecular flexibility index (Phi) is 4.25. The van der Waals surface area contributed by atoms with Gasteiger partial charge in [0.2, 0.25) is 0 Å².